The summed E-state index contributed by atoms with van der Waals surface area (Å²) in [4.78, 5) is 16.6. The van der Waals surface area contributed by atoms with Gasteiger partial charge in [-0.2, -0.15) is 0 Å². The molecule has 3 nitrogen and oxygen atoms in total. The molecule has 0 aliphatic rings. The third-order valence-electron chi connectivity index (χ3n) is 3.77. The monoisotopic (exact) mass is 296 g/mol. The lowest BCUT2D eigenvalue weighted by molar-refractivity contribution is -0.117. The van der Waals surface area contributed by atoms with E-state index in [4.69, 9.17) is 0 Å². The number of hydrogen-bond donors (Lipinski definition) is 1. The average molecular weight is 296 g/mol. The van der Waals surface area contributed by atoms with E-state index >= 15 is 0 Å². The molecule has 0 radical (unpaired) electrons. The van der Waals surface area contributed by atoms with Gasteiger partial charge in [0.25, 0.3) is 0 Å². The Bertz CT molecular complexity index is 632. The zero-order chi connectivity index (χ0) is 16.1. The number of amides is 1. The molecule has 3 heteroatoms. The number of nitrogens with zero attached hydrogens (tertiary/aromatic N) is 1. The second-order valence-corrected chi connectivity index (χ2v) is 6.22. The minimum absolute atomic E-state index is 0.0293. The highest BCUT2D eigenvalue weighted by Gasteiger charge is 2.16. The summed E-state index contributed by atoms with van der Waals surface area (Å²) in [5, 5.41) is 2.91. The molecule has 1 aromatic heterocycles. The van der Waals surface area contributed by atoms with E-state index in [9.17, 15) is 4.79 Å². The molecule has 1 atom stereocenters. The molecule has 1 aromatic carbocycles. The number of anilines is 1. The number of rotatable bonds is 5. The average Bonchev–Trinajstić information content (AvgIpc) is 2.49. The highest BCUT2D eigenvalue weighted by atomic mass is 16.1. The van der Waals surface area contributed by atoms with Crippen molar-refractivity contribution in [3.05, 3.63) is 59.3 Å². The lowest BCUT2D eigenvalue weighted by Gasteiger charge is -2.14. The van der Waals surface area contributed by atoms with E-state index in [1.807, 2.05) is 38.1 Å². The van der Waals surface area contributed by atoms with Crippen LogP contribution in [-0.2, 0) is 11.2 Å². The lowest BCUT2D eigenvalue weighted by Crippen LogP contribution is -2.20. The van der Waals surface area contributed by atoms with Gasteiger partial charge in [0.15, 0.2) is 0 Å². The first-order valence-corrected chi connectivity index (χ1v) is 7.78. The van der Waals surface area contributed by atoms with Crippen LogP contribution >= 0.6 is 0 Å². The Balaban J connectivity index is 2.05. The minimum atomic E-state index is -0.200. The van der Waals surface area contributed by atoms with E-state index < -0.39 is 0 Å². The zero-order valence-corrected chi connectivity index (χ0v) is 13.8. The summed E-state index contributed by atoms with van der Waals surface area (Å²) in [5.74, 6) is 1.04. The summed E-state index contributed by atoms with van der Waals surface area (Å²) in [7, 11) is 0. The van der Waals surface area contributed by atoms with Gasteiger partial charge in [0.2, 0.25) is 5.91 Å². The smallest absolute Gasteiger partial charge is 0.232 e. The summed E-state index contributed by atoms with van der Waals surface area (Å²) in [6, 6.07) is 12.1. The van der Waals surface area contributed by atoms with Crippen molar-refractivity contribution in [2.75, 3.05) is 5.32 Å². The van der Waals surface area contributed by atoms with Gasteiger partial charge in [-0.3, -0.25) is 4.79 Å². The van der Waals surface area contributed by atoms with E-state index in [0.717, 1.165) is 17.5 Å². The molecule has 0 saturated carbocycles. The van der Waals surface area contributed by atoms with Crippen molar-refractivity contribution in [2.24, 2.45) is 5.92 Å². The Morgan fingerprint density at radius 1 is 1.14 bits per heavy atom. The van der Waals surface area contributed by atoms with E-state index in [1.54, 1.807) is 6.20 Å². The van der Waals surface area contributed by atoms with E-state index in [2.05, 4.69) is 36.3 Å². The summed E-state index contributed by atoms with van der Waals surface area (Å²) in [6.45, 7) is 8.28. The highest BCUT2D eigenvalue weighted by Crippen LogP contribution is 2.20. The third-order valence-corrected chi connectivity index (χ3v) is 3.77. The van der Waals surface area contributed by atoms with Crippen LogP contribution in [0.4, 0.5) is 5.82 Å². The number of nitrogens with one attached hydrogen (secondary N) is 1. The topological polar surface area (TPSA) is 42.0 Å². The molecule has 0 fully saturated rings. The molecule has 0 spiro atoms. The molecular formula is C19H24N2O. The summed E-state index contributed by atoms with van der Waals surface area (Å²) < 4.78 is 0. The zero-order valence-electron chi connectivity index (χ0n) is 13.8. The number of carbonyl (C=O) groups excluding carboxylic acids is 1. The summed E-state index contributed by atoms with van der Waals surface area (Å²) >= 11 is 0. The molecular weight excluding hydrogens is 272 g/mol. The van der Waals surface area contributed by atoms with Gasteiger partial charge in [-0.15, -0.1) is 0 Å². The Kier molecular flexibility index (Phi) is 5.31. The fraction of sp³-hybridized carbons (Fsp3) is 0.368. The van der Waals surface area contributed by atoms with Crippen molar-refractivity contribution in [3.8, 4) is 0 Å². The number of carbonyl (C=O) groups is 1. The van der Waals surface area contributed by atoms with Crippen molar-refractivity contribution in [1.29, 1.82) is 0 Å². The molecule has 0 aliphatic heterocycles. The van der Waals surface area contributed by atoms with Crippen LogP contribution in [0, 0.1) is 12.8 Å². The van der Waals surface area contributed by atoms with Crippen LogP contribution in [-0.4, -0.2) is 10.9 Å². The minimum Gasteiger partial charge on any atom is -0.310 e. The predicted octanol–water partition coefficient (Wildman–Crippen LogP) is 4.33. The molecule has 1 heterocycles. The Morgan fingerprint density at radius 2 is 1.82 bits per heavy atom. The van der Waals surface area contributed by atoms with Gasteiger partial charge in [0, 0.05) is 6.20 Å². The third kappa shape index (κ3) is 4.17. The Morgan fingerprint density at radius 3 is 2.41 bits per heavy atom. The van der Waals surface area contributed by atoms with E-state index in [0.29, 0.717) is 11.7 Å². The molecule has 22 heavy (non-hydrogen) atoms. The fourth-order valence-corrected chi connectivity index (χ4v) is 2.41. The maximum Gasteiger partial charge on any atom is 0.232 e. The Labute approximate surface area is 132 Å². The SMILES string of the molecule is Cc1cccnc1NC(=O)[C@H](C)c1ccc(CC(C)C)cc1. The van der Waals surface area contributed by atoms with Gasteiger partial charge in [-0.1, -0.05) is 44.2 Å². The lowest BCUT2D eigenvalue weighted by atomic mass is 9.96. The maximum atomic E-state index is 12.4. The number of aromatic nitrogens is 1. The van der Waals surface area contributed by atoms with Crippen LogP contribution in [0.15, 0.2) is 42.6 Å². The summed E-state index contributed by atoms with van der Waals surface area (Å²) in [5.41, 5.74) is 3.31. The second kappa shape index (κ2) is 7.21. The number of benzene rings is 1. The van der Waals surface area contributed by atoms with Crippen molar-refractivity contribution >= 4 is 11.7 Å². The van der Waals surface area contributed by atoms with Crippen molar-refractivity contribution in [3.63, 3.8) is 0 Å². The van der Waals surface area contributed by atoms with Crippen molar-refractivity contribution in [1.82, 2.24) is 4.98 Å². The standard InChI is InChI=1S/C19H24N2O/c1-13(2)12-16-7-9-17(10-8-16)15(4)19(22)21-18-14(3)6-5-11-20-18/h5-11,13,15H,12H2,1-4H3,(H,20,21,22)/t15-/m1/s1. The van der Waals surface area contributed by atoms with Gasteiger partial charge in [-0.05, 0) is 48.9 Å². The van der Waals surface area contributed by atoms with Crippen molar-refractivity contribution < 1.29 is 4.79 Å². The van der Waals surface area contributed by atoms with E-state index in [1.165, 1.54) is 5.56 Å². The number of pyridine rings is 1. The first-order valence-electron chi connectivity index (χ1n) is 7.78. The van der Waals surface area contributed by atoms with Crippen LogP contribution in [0.3, 0.4) is 0 Å². The maximum absolute atomic E-state index is 12.4. The van der Waals surface area contributed by atoms with Gasteiger partial charge < -0.3 is 5.32 Å². The molecule has 0 aliphatic carbocycles. The quantitative estimate of drug-likeness (QED) is 0.892. The largest absolute Gasteiger partial charge is 0.310 e. The van der Waals surface area contributed by atoms with E-state index in [-0.39, 0.29) is 11.8 Å². The van der Waals surface area contributed by atoms with Crippen LogP contribution in [0.1, 0.15) is 43.4 Å². The van der Waals surface area contributed by atoms with Gasteiger partial charge in [0.05, 0.1) is 5.92 Å². The molecule has 0 unspecified atom stereocenters. The van der Waals surface area contributed by atoms with Crippen LogP contribution in [0.5, 0.6) is 0 Å². The molecule has 1 N–H and O–H groups in total. The fourth-order valence-electron chi connectivity index (χ4n) is 2.41. The first kappa shape index (κ1) is 16.2. The second-order valence-electron chi connectivity index (χ2n) is 6.22. The molecule has 0 bridgehead atoms. The molecule has 1 amide bonds. The highest BCUT2D eigenvalue weighted by molar-refractivity contribution is 5.95. The number of aryl methyl sites for hydroxylation is 1. The predicted molar refractivity (Wildman–Crippen MR) is 91.0 cm³/mol. The summed E-state index contributed by atoms with van der Waals surface area (Å²) in [6.07, 6.45) is 2.75. The molecule has 0 saturated heterocycles. The van der Waals surface area contributed by atoms with Gasteiger partial charge in [-0.25, -0.2) is 4.98 Å². The van der Waals surface area contributed by atoms with Crippen LogP contribution in [0.2, 0.25) is 0 Å². The van der Waals surface area contributed by atoms with Crippen molar-refractivity contribution in [2.45, 2.75) is 40.0 Å². The van der Waals surface area contributed by atoms with Crippen LogP contribution in [0.25, 0.3) is 0 Å². The molecule has 116 valence electrons. The number of hydrogen-bond acceptors (Lipinski definition) is 2. The first-order chi connectivity index (χ1) is 10.5. The van der Waals surface area contributed by atoms with Gasteiger partial charge in [0.1, 0.15) is 5.82 Å². The normalized spacial score (nSPS) is 12.2. The molecule has 2 rings (SSSR count). The molecule has 2 aromatic rings. The van der Waals surface area contributed by atoms with Gasteiger partial charge >= 0.3 is 0 Å². The Hall–Kier alpha value is -2.16. The van der Waals surface area contributed by atoms with Crippen LogP contribution < -0.4 is 5.32 Å².